The highest BCUT2D eigenvalue weighted by Gasteiger charge is 2.29. The molecule has 1 rings (SSSR count). The Balaban J connectivity index is 2.42. The van der Waals surface area contributed by atoms with Gasteiger partial charge in [-0.1, -0.05) is 6.58 Å². The van der Waals surface area contributed by atoms with Crippen molar-refractivity contribution in [3.8, 4) is 0 Å². The largest absolute Gasteiger partial charge is 0.463 e. The Bertz CT molecular complexity index is 273. The van der Waals surface area contributed by atoms with Crippen LogP contribution in [0.3, 0.4) is 0 Å². The molecule has 0 aliphatic carbocycles. The van der Waals surface area contributed by atoms with Crippen molar-refractivity contribution in [2.45, 2.75) is 32.3 Å². The number of carbonyl (C=O) groups is 1. The summed E-state index contributed by atoms with van der Waals surface area (Å²) in [5.41, 5.74) is -0.188. The molecule has 0 amide bonds. The number of piperidine rings is 1. The van der Waals surface area contributed by atoms with E-state index in [9.17, 15) is 9.90 Å². The maximum Gasteiger partial charge on any atom is 0.334 e. The Morgan fingerprint density at radius 3 is 2.88 bits per heavy atom. The normalized spacial score (nSPS) is 26.4. The van der Waals surface area contributed by atoms with Gasteiger partial charge in [0.05, 0.1) is 12.2 Å². The second-order valence-corrected chi connectivity index (χ2v) is 4.64. The van der Waals surface area contributed by atoms with E-state index < -0.39 is 5.60 Å². The van der Waals surface area contributed by atoms with E-state index in [1.54, 1.807) is 6.92 Å². The molecule has 1 saturated heterocycles. The first-order valence-electron chi connectivity index (χ1n) is 5.74. The number of β-amino-alcohol motifs (C(OH)–C–C–N with tert-alkyl or cyclic N) is 1. The number of nitrogens with zero attached hydrogens (tertiary/aromatic N) is 1. The SMILES string of the molecule is C=C(CN1CCCC(C)(O)C1)C(=O)OCC. The van der Waals surface area contributed by atoms with E-state index in [4.69, 9.17) is 4.74 Å². The zero-order valence-corrected chi connectivity index (χ0v) is 10.2. The molecule has 0 spiro atoms. The van der Waals surface area contributed by atoms with Crippen molar-refractivity contribution in [1.82, 2.24) is 4.90 Å². The lowest BCUT2D eigenvalue weighted by Crippen LogP contribution is -2.47. The molecule has 1 N–H and O–H groups in total. The summed E-state index contributed by atoms with van der Waals surface area (Å²) >= 11 is 0. The number of hydrogen-bond acceptors (Lipinski definition) is 4. The van der Waals surface area contributed by atoms with Gasteiger partial charge in [-0.05, 0) is 33.2 Å². The summed E-state index contributed by atoms with van der Waals surface area (Å²) < 4.78 is 4.87. The number of hydrogen-bond donors (Lipinski definition) is 1. The Morgan fingerprint density at radius 1 is 1.62 bits per heavy atom. The first-order valence-corrected chi connectivity index (χ1v) is 5.74. The maximum absolute atomic E-state index is 11.4. The van der Waals surface area contributed by atoms with Gasteiger partial charge >= 0.3 is 5.97 Å². The average Bonchev–Trinajstić information content (AvgIpc) is 2.16. The van der Waals surface area contributed by atoms with Crippen molar-refractivity contribution >= 4 is 5.97 Å². The molecule has 0 aromatic rings. The van der Waals surface area contributed by atoms with Crippen molar-refractivity contribution in [2.75, 3.05) is 26.2 Å². The summed E-state index contributed by atoms with van der Waals surface area (Å²) in [5, 5.41) is 9.91. The number of rotatable bonds is 4. The highest BCUT2D eigenvalue weighted by atomic mass is 16.5. The van der Waals surface area contributed by atoms with Gasteiger partial charge in [0.15, 0.2) is 0 Å². The fourth-order valence-electron chi connectivity index (χ4n) is 2.03. The number of esters is 1. The van der Waals surface area contributed by atoms with Crippen molar-refractivity contribution in [2.24, 2.45) is 0 Å². The molecule has 0 bridgehead atoms. The van der Waals surface area contributed by atoms with Crippen molar-refractivity contribution in [3.63, 3.8) is 0 Å². The van der Waals surface area contributed by atoms with Crippen molar-refractivity contribution in [3.05, 3.63) is 12.2 Å². The Morgan fingerprint density at radius 2 is 2.31 bits per heavy atom. The Kier molecular flexibility index (Phi) is 4.50. The lowest BCUT2D eigenvalue weighted by atomic mass is 9.95. The van der Waals surface area contributed by atoms with E-state index in [-0.39, 0.29) is 5.97 Å². The molecule has 4 heteroatoms. The molecule has 0 saturated carbocycles. The van der Waals surface area contributed by atoms with Gasteiger partial charge in [0.25, 0.3) is 0 Å². The molecule has 4 nitrogen and oxygen atoms in total. The van der Waals surface area contributed by atoms with Crippen LogP contribution in [0.15, 0.2) is 12.2 Å². The molecule has 1 heterocycles. The molecule has 1 aliphatic rings. The molecule has 0 radical (unpaired) electrons. The number of aliphatic hydroxyl groups is 1. The second-order valence-electron chi connectivity index (χ2n) is 4.64. The van der Waals surface area contributed by atoms with Crippen LogP contribution in [0, 0.1) is 0 Å². The van der Waals surface area contributed by atoms with Gasteiger partial charge in [0, 0.05) is 18.7 Å². The molecular formula is C12H21NO3. The van der Waals surface area contributed by atoms with Crippen LogP contribution in [0.5, 0.6) is 0 Å². The minimum Gasteiger partial charge on any atom is -0.463 e. The van der Waals surface area contributed by atoms with E-state index in [0.717, 1.165) is 19.4 Å². The quantitative estimate of drug-likeness (QED) is 0.574. The van der Waals surface area contributed by atoms with E-state index in [2.05, 4.69) is 6.58 Å². The molecule has 0 aromatic heterocycles. The molecular weight excluding hydrogens is 206 g/mol. The average molecular weight is 227 g/mol. The zero-order chi connectivity index (χ0) is 12.2. The summed E-state index contributed by atoms with van der Waals surface area (Å²) in [6.07, 6.45) is 1.76. The summed E-state index contributed by atoms with van der Waals surface area (Å²) in [7, 11) is 0. The van der Waals surface area contributed by atoms with Crippen LogP contribution in [0.25, 0.3) is 0 Å². The van der Waals surface area contributed by atoms with Crippen molar-refractivity contribution < 1.29 is 14.6 Å². The standard InChI is InChI=1S/C12H21NO3/c1-4-16-11(14)10(2)8-13-7-5-6-12(3,15)9-13/h15H,2,4-9H2,1,3H3. The van der Waals surface area contributed by atoms with Gasteiger partial charge in [0.2, 0.25) is 0 Å². The molecule has 1 aliphatic heterocycles. The third kappa shape index (κ3) is 3.94. The van der Waals surface area contributed by atoms with E-state index in [1.807, 2.05) is 11.8 Å². The topological polar surface area (TPSA) is 49.8 Å². The molecule has 1 fully saturated rings. The monoisotopic (exact) mass is 227 g/mol. The first kappa shape index (κ1) is 13.2. The van der Waals surface area contributed by atoms with Crippen molar-refractivity contribution in [1.29, 1.82) is 0 Å². The van der Waals surface area contributed by atoms with Crippen LogP contribution in [0.4, 0.5) is 0 Å². The van der Waals surface area contributed by atoms with Crippen LogP contribution in [-0.2, 0) is 9.53 Å². The molecule has 1 unspecified atom stereocenters. The fourth-order valence-corrected chi connectivity index (χ4v) is 2.03. The maximum atomic E-state index is 11.4. The second kappa shape index (κ2) is 5.46. The fraction of sp³-hybridized carbons (Fsp3) is 0.750. The number of carbonyl (C=O) groups excluding carboxylic acids is 1. The minimum atomic E-state index is -0.646. The third-order valence-corrected chi connectivity index (χ3v) is 2.73. The first-order chi connectivity index (χ1) is 7.44. The van der Waals surface area contributed by atoms with Crippen LogP contribution in [0.1, 0.15) is 26.7 Å². The molecule has 0 aromatic carbocycles. The summed E-state index contributed by atoms with van der Waals surface area (Å²) in [6, 6.07) is 0. The predicted molar refractivity (Wildman–Crippen MR) is 62.1 cm³/mol. The van der Waals surface area contributed by atoms with Gasteiger partial charge in [-0.15, -0.1) is 0 Å². The summed E-state index contributed by atoms with van der Waals surface area (Å²) in [6.45, 7) is 9.66. The van der Waals surface area contributed by atoms with Gasteiger partial charge < -0.3 is 9.84 Å². The van der Waals surface area contributed by atoms with Gasteiger partial charge in [-0.2, -0.15) is 0 Å². The van der Waals surface area contributed by atoms with Gasteiger partial charge in [-0.25, -0.2) is 4.79 Å². The van der Waals surface area contributed by atoms with Gasteiger partial charge in [-0.3, -0.25) is 4.90 Å². The number of likely N-dealkylation sites (tertiary alicyclic amines) is 1. The molecule has 16 heavy (non-hydrogen) atoms. The highest BCUT2D eigenvalue weighted by Crippen LogP contribution is 2.20. The van der Waals surface area contributed by atoms with Gasteiger partial charge in [0.1, 0.15) is 0 Å². The third-order valence-electron chi connectivity index (χ3n) is 2.73. The minimum absolute atomic E-state index is 0.340. The lowest BCUT2D eigenvalue weighted by Gasteiger charge is -2.36. The van der Waals surface area contributed by atoms with Crippen LogP contribution in [0.2, 0.25) is 0 Å². The predicted octanol–water partition coefficient (Wildman–Crippen LogP) is 0.953. The number of ether oxygens (including phenoxy) is 1. The lowest BCUT2D eigenvalue weighted by molar-refractivity contribution is -0.139. The molecule has 92 valence electrons. The van der Waals surface area contributed by atoms with E-state index in [1.165, 1.54) is 0 Å². The smallest absolute Gasteiger partial charge is 0.334 e. The van der Waals surface area contributed by atoms with Crippen LogP contribution in [-0.4, -0.2) is 47.8 Å². The highest BCUT2D eigenvalue weighted by molar-refractivity contribution is 5.88. The zero-order valence-electron chi connectivity index (χ0n) is 10.2. The Hall–Kier alpha value is -0.870. The Labute approximate surface area is 96.9 Å². The summed E-state index contributed by atoms with van der Waals surface area (Å²) in [4.78, 5) is 13.4. The van der Waals surface area contributed by atoms with E-state index >= 15 is 0 Å². The molecule has 1 atom stereocenters. The van der Waals surface area contributed by atoms with Crippen LogP contribution < -0.4 is 0 Å². The summed E-state index contributed by atoms with van der Waals surface area (Å²) in [5.74, 6) is -0.340. The van der Waals surface area contributed by atoms with E-state index in [0.29, 0.717) is 25.3 Å². The van der Waals surface area contributed by atoms with Crippen LogP contribution >= 0.6 is 0 Å².